The smallest absolute Gasteiger partial charge is 0.340 e. The van der Waals surface area contributed by atoms with Crippen LogP contribution in [0.5, 0.6) is 5.75 Å². The molecule has 0 bridgehead atoms. The van der Waals surface area contributed by atoms with E-state index in [1.54, 1.807) is 0 Å². The number of nitrogens with one attached hydrogen (secondary N) is 2. The van der Waals surface area contributed by atoms with E-state index in [4.69, 9.17) is 9.47 Å². The Kier molecular flexibility index (Phi) is 5.99. The first-order valence-corrected chi connectivity index (χ1v) is 10.9. The summed E-state index contributed by atoms with van der Waals surface area (Å²) in [6, 6.07) is 0.712. The summed E-state index contributed by atoms with van der Waals surface area (Å²) in [4.78, 5) is 38.2. The van der Waals surface area contributed by atoms with Crippen LogP contribution in [0.4, 0.5) is 9.18 Å². The molecule has 0 atom stereocenters. The maximum absolute atomic E-state index is 14.4. The Labute approximate surface area is 172 Å². The lowest BCUT2D eigenvalue weighted by molar-refractivity contribution is -0.133. The van der Waals surface area contributed by atoms with Crippen LogP contribution in [0.15, 0.2) is 17.0 Å². The summed E-state index contributed by atoms with van der Waals surface area (Å²) in [5, 5.41) is 2.93. The van der Waals surface area contributed by atoms with Gasteiger partial charge in [-0.2, -0.15) is 5.01 Å². The number of methoxy groups -OCH3 is 1. The summed E-state index contributed by atoms with van der Waals surface area (Å²) in [5.41, 5.74) is -1.52. The molecule has 1 spiro atoms. The third kappa shape index (κ3) is 3.84. The molecule has 1 saturated heterocycles. The zero-order chi connectivity index (χ0) is 22.1. The second-order valence-corrected chi connectivity index (χ2v) is 8.65. The number of carbonyl (C=O) groups excluding carboxylic acids is 3. The highest BCUT2D eigenvalue weighted by molar-refractivity contribution is 7.89. The van der Waals surface area contributed by atoms with Gasteiger partial charge in [0.15, 0.2) is 11.6 Å². The minimum Gasteiger partial charge on any atom is -0.492 e. The van der Waals surface area contributed by atoms with Crippen LogP contribution in [0.25, 0.3) is 0 Å². The third-order valence-corrected chi connectivity index (χ3v) is 6.40. The number of hydrogen-bond acceptors (Lipinski definition) is 7. The minimum atomic E-state index is -4.68. The predicted molar refractivity (Wildman–Crippen MR) is 100 cm³/mol. The lowest BCUT2D eigenvalue weighted by Gasteiger charge is -2.30. The molecule has 0 unspecified atom stereocenters. The molecule has 2 fully saturated rings. The largest absolute Gasteiger partial charge is 0.492 e. The fourth-order valence-electron chi connectivity index (χ4n) is 3.66. The second kappa shape index (κ2) is 8.19. The first-order valence-electron chi connectivity index (χ1n) is 9.39. The van der Waals surface area contributed by atoms with Crippen molar-refractivity contribution >= 4 is 27.9 Å². The molecule has 10 nitrogen and oxygen atoms in total. The van der Waals surface area contributed by atoms with Crippen molar-refractivity contribution in [3.05, 3.63) is 23.5 Å². The second-order valence-electron chi connectivity index (χ2n) is 7.02. The van der Waals surface area contributed by atoms with Crippen molar-refractivity contribution in [2.45, 2.75) is 49.5 Å². The van der Waals surface area contributed by atoms with Crippen molar-refractivity contribution in [2.24, 2.45) is 0 Å². The Morgan fingerprint density at radius 2 is 1.93 bits per heavy atom. The SMILES string of the molecule is CCOC(=O)c1cc(F)c(OC)c(S(=O)(=O)NN2C(=O)NC3(CCCCC3)C2=O)c1. The molecule has 0 radical (unpaired) electrons. The summed E-state index contributed by atoms with van der Waals surface area (Å²) in [6.07, 6.45) is 3.13. The van der Waals surface area contributed by atoms with Gasteiger partial charge in [-0.15, -0.1) is 4.83 Å². The molecule has 2 aliphatic rings. The summed E-state index contributed by atoms with van der Waals surface area (Å²) in [5.74, 6) is -3.46. The quantitative estimate of drug-likeness (QED) is 0.503. The molecule has 164 valence electrons. The molecule has 3 amide bonds. The maximum Gasteiger partial charge on any atom is 0.340 e. The fraction of sp³-hybridized carbons (Fsp3) is 0.500. The van der Waals surface area contributed by atoms with Crippen LogP contribution in [-0.2, 0) is 19.6 Å². The van der Waals surface area contributed by atoms with E-state index in [0.717, 1.165) is 25.7 Å². The van der Waals surface area contributed by atoms with Gasteiger partial charge in [-0.1, -0.05) is 19.3 Å². The maximum atomic E-state index is 14.4. The highest BCUT2D eigenvalue weighted by Gasteiger charge is 2.52. The minimum absolute atomic E-state index is 0.00263. The van der Waals surface area contributed by atoms with Gasteiger partial charge in [0.2, 0.25) is 0 Å². The van der Waals surface area contributed by atoms with E-state index in [1.165, 1.54) is 6.92 Å². The van der Waals surface area contributed by atoms with Gasteiger partial charge in [-0.05, 0) is 31.9 Å². The fourth-order valence-corrected chi connectivity index (χ4v) is 4.88. The Balaban J connectivity index is 1.96. The van der Waals surface area contributed by atoms with Crippen LogP contribution < -0.4 is 14.9 Å². The van der Waals surface area contributed by atoms with Crippen molar-refractivity contribution in [1.82, 2.24) is 15.2 Å². The number of ether oxygens (including phenoxy) is 2. The molecule has 30 heavy (non-hydrogen) atoms. The van der Waals surface area contributed by atoms with Gasteiger partial charge < -0.3 is 14.8 Å². The number of esters is 1. The van der Waals surface area contributed by atoms with Crippen molar-refractivity contribution in [3.63, 3.8) is 0 Å². The van der Waals surface area contributed by atoms with Crippen molar-refractivity contribution in [1.29, 1.82) is 0 Å². The average molecular weight is 443 g/mol. The number of urea groups is 1. The normalized spacial score (nSPS) is 18.4. The van der Waals surface area contributed by atoms with Gasteiger partial charge in [0.25, 0.3) is 15.9 Å². The predicted octanol–water partition coefficient (Wildman–Crippen LogP) is 1.46. The third-order valence-electron chi connectivity index (χ3n) is 5.09. The van der Waals surface area contributed by atoms with Gasteiger partial charge in [-0.3, -0.25) is 4.79 Å². The highest BCUT2D eigenvalue weighted by Crippen LogP contribution is 2.34. The zero-order valence-electron chi connectivity index (χ0n) is 16.5. The molecule has 1 aliphatic carbocycles. The number of rotatable bonds is 6. The van der Waals surface area contributed by atoms with Crippen molar-refractivity contribution in [2.75, 3.05) is 13.7 Å². The number of hydrogen-bond donors (Lipinski definition) is 2. The van der Waals surface area contributed by atoms with Crippen LogP contribution in [-0.4, -0.2) is 50.6 Å². The topological polar surface area (TPSA) is 131 Å². The van der Waals surface area contributed by atoms with Gasteiger partial charge in [-0.25, -0.2) is 22.4 Å². The van der Waals surface area contributed by atoms with Crippen molar-refractivity contribution in [3.8, 4) is 5.75 Å². The lowest BCUT2D eigenvalue weighted by atomic mass is 9.82. The van der Waals surface area contributed by atoms with E-state index < -0.39 is 49.9 Å². The van der Waals surface area contributed by atoms with Gasteiger partial charge >= 0.3 is 12.0 Å². The average Bonchev–Trinajstić information content (AvgIpc) is 2.91. The van der Waals surface area contributed by atoms with E-state index in [1.807, 2.05) is 4.83 Å². The molecule has 1 aromatic rings. The first-order chi connectivity index (χ1) is 14.1. The van der Waals surface area contributed by atoms with E-state index >= 15 is 0 Å². The van der Waals surface area contributed by atoms with Crippen LogP contribution in [0.2, 0.25) is 0 Å². The number of imide groups is 1. The Morgan fingerprint density at radius 3 is 2.53 bits per heavy atom. The Hall–Kier alpha value is -2.73. The molecular formula is C18H22FN3O7S. The van der Waals surface area contributed by atoms with Gasteiger partial charge in [0.1, 0.15) is 10.4 Å². The standard InChI is InChI=1S/C18H22FN3O7S/c1-3-29-15(23)11-9-12(19)14(28-2)13(10-11)30(26,27)21-22-16(24)18(20-17(22)25)7-5-4-6-8-18/h9-10,21H,3-8H2,1-2H3,(H,20,25). The number of sulfonamides is 1. The van der Waals surface area contributed by atoms with Crippen LogP contribution in [0, 0.1) is 5.82 Å². The molecule has 1 aliphatic heterocycles. The Bertz CT molecular complexity index is 990. The van der Waals surface area contributed by atoms with Crippen molar-refractivity contribution < 1.29 is 36.7 Å². The number of hydrazine groups is 1. The Morgan fingerprint density at radius 1 is 1.27 bits per heavy atom. The number of amides is 3. The number of carbonyl (C=O) groups is 3. The van der Waals surface area contributed by atoms with E-state index in [9.17, 15) is 27.2 Å². The van der Waals surface area contributed by atoms with Crippen LogP contribution in [0.3, 0.4) is 0 Å². The van der Waals surface area contributed by atoms with E-state index in [0.29, 0.717) is 30.7 Å². The molecule has 1 heterocycles. The number of halogens is 1. The molecule has 2 N–H and O–H groups in total. The number of nitrogens with zero attached hydrogens (tertiary/aromatic N) is 1. The first kappa shape index (κ1) is 22.0. The summed E-state index contributed by atoms with van der Waals surface area (Å²) < 4.78 is 49.9. The molecule has 1 saturated carbocycles. The van der Waals surface area contributed by atoms with Crippen LogP contribution >= 0.6 is 0 Å². The van der Waals surface area contributed by atoms with E-state index in [-0.39, 0.29) is 12.2 Å². The molecule has 12 heteroatoms. The van der Waals surface area contributed by atoms with E-state index in [2.05, 4.69) is 5.32 Å². The monoisotopic (exact) mass is 443 g/mol. The van der Waals surface area contributed by atoms with Gasteiger partial charge in [0.05, 0.1) is 19.3 Å². The molecule has 3 rings (SSSR count). The molecular weight excluding hydrogens is 421 g/mol. The lowest BCUT2D eigenvalue weighted by Crippen LogP contribution is -2.50. The zero-order valence-corrected chi connectivity index (χ0v) is 17.3. The summed E-state index contributed by atoms with van der Waals surface area (Å²) in [7, 11) is -3.63. The molecule has 0 aromatic heterocycles. The van der Waals surface area contributed by atoms with Gasteiger partial charge in [0, 0.05) is 0 Å². The van der Waals surface area contributed by atoms with Crippen LogP contribution in [0.1, 0.15) is 49.4 Å². The number of benzene rings is 1. The summed E-state index contributed by atoms with van der Waals surface area (Å²) in [6.45, 7) is 1.53. The highest BCUT2D eigenvalue weighted by atomic mass is 32.2. The summed E-state index contributed by atoms with van der Waals surface area (Å²) >= 11 is 0. The molecule has 1 aromatic carbocycles.